The summed E-state index contributed by atoms with van der Waals surface area (Å²) in [5.74, 6) is -0.187. The second-order valence-electron chi connectivity index (χ2n) is 3.30. The highest BCUT2D eigenvalue weighted by molar-refractivity contribution is 5.76. The van der Waals surface area contributed by atoms with Crippen LogP contribution >= 0.6 is 0 Å². The first-order valence-electron chi connectivity index (χ1n) is 3.54. The smallest absolute Gasteiger partial charge is 0.310 e. The van der Waals surface area contributed by atoms with Crippen molar-refractivity contribution in [3.8, 4) is 0 Å². The molecule has 0 saturated heterocycles. The van der Waals surface area contributed by atoms with Crippen molar-refractivity contribution in [3.63, 3.8) is 0 Å². The summed E-state index contributed by atoms with van der Waals surface area (Å²) in [6.07, 6.45) is 1.50. The summed E-state index contributed by atoms with van der Waals surface area (Å²) in [5.41, 5.74) is 4.78. The molecule has 1 saturated carbocycles. The molecule has 1 aliphatic carbocycles. The van der Waals surface area contributed by atoms with Crippen LogP contribution < -0.4 is 5.73 Å². The van der Waals surface area contributed by atoms with E-state index in [0.29, 0.717) is 5.92 Å². The van der Waals surface area contributed by atoms with Gasteiger partial charge in [-0.3, -0.25) is 4.79 Å². The molecular weight excluding hydrogens is 130 g/mol. The Bertz CT molecular complexity index is 150. The summed E-state index contributed by atoms with van der Waals surface area (Å²) < 4.78 is 0. The molecule has 0 amide bonds. The Morgan fingerprint density at radius 3 is 2.40 bits per heavy atom. The van der Waals surface area contributed by atoms with Gasteiger partial charge in [0.2, 0.25) is 0 Å². The fraction of sp³-hybridized carbons (Fsp3) is 0.857. The lowest BCUT2D eigenvalue weighted by Gasteiger charge is -2.41. The third-order valence-electron chi connectivity index (χ3n) is 2.32. The van der Waals surface area contributed by atoms with Crippen LogP contribution in [0.1, 0.15) is 19.8 Å². The number of rotatable bonds is 2. The molecule has 0 aromatic heterocycles. The van der Waals surface area contributed by atoms with Gasteiger partial charge >= 0.3 is 5.97 Å². The van der Waals surface area contributed by atoms with Gasteiger partial charge in [0.15, 0.2) is 0 Å². The van der Waals surface area contributed by atoms with Crippen molar-refractivity contribution in [2.45, 2.75) is 19.8 Å². The molecule has 3 nitrogen and oxygen atoms in total. The van der Waals surface area contributed by atoms with E-state index < -0.39 is 11.4 Å². The second kappa shape index (κ2) is 2.23. The van der Waals surface area contributed by atoms with Crippen LogP contribution in [0, 0.1) is 11.3 Å². The fourth-order valence-corrected chi connectivity index (χ4v) is 1.70. The molecule has 0 aromatic rings. The molecule has 3 N–H and O–H groups in total. The summed E-state index contributed by atoms with van der Waals surface area (Å²) in [6.45, 7) is 2.34. The van der Waals surface area contributed by atoms with Crippen LogP contribution in [0.3, 0.4) is 0 Å². The lowest BCUT2D eigenvalue weighted by atomic mass is 9.63. The molecule has 1 rings (SSSR count). The highest BCUT2D eigenvalue weighted by Gasteiger charge is 2.47. The third-order valence-corrected chi connectivity index (χ3v) is 2.32. The largest absolute Gasteiger partial charge is 0.481 e. The molecule has 0 aliphatic heterocycles. The molecule has 10 heavy (non-hydrogen) atoms. The third kappa shape index (κ3) is 0.904. The summed E-state index contributed by atoms with van der Waals surface area (Å²) in [5, 5.41) is 8.72. The maximum atomic E-state index is 10.6. The topological polar surface area (TPSA) is 63.3 Å². The zero-order chi connectivity index (χ0) is 7.78. The van der Waals surface area contributed by atoms with Crippen molar-refractivity contribution >= 4 is 5.97 Å². The Hall–Kier alpha value is -0.570. The quantitative estimate of drug-likeness (QED) is 0.589. The van der Waals surface area contributed by atoms with Gasteiger partial charge in [-0.2, -0.15) is 0 Å². The lowest BCUT2D eigenvalue weighted by Crippen LogP contribution is -2.48. The number of hydrogen-bond acceptors (Lipinski definition) is 2. The monoisotopic (exact) mass is 143 g/mol. The molecule has 0 heterocycles. The van der Waals surface area contributed by atoms with Gasteiger partial charge in [-0.15, -0.1) is 0 Å². The Kier molecular flexibility index (Phi) is 1.68. The summed E-state index contributed by atoms with van der Waals surface area (Å²) in [6, 6.07) is 0. The van der Waals surface area contributed by atoms with E-state index in [-0.39, 0.29) is 6.54 Å². The Morgan fingerprint density at radius 2 is 2.30 bits per heavy atom. The summed E-state index contributed by atoms with van der Waals surface area (Å²) >= 11 is 0. The van der Waals surface area contributed by atoms with Gasteiger partial charge in [0.25, 0.3) is 0 Å². The molecule has 0 aromatic carbocycles. The standard InChI is InChI=1S/C7H13NO2/c1-5-2-7(3-5,4-8)6(9)10/h5H,2-4,8H2,1H3,(H,9,10). The molecular formula is C7H13NO2. The van der Waals surface area contributed by atoms with E-state index >= 15 is 0 Å². The van der Waals surface area contributed by atoms with Gasteiger partial charge in [0.05, 0.1) is 5.41 Å². The molecule has 0 bridgehead atoms. The fourth-order valence-electron chi connectivity index (χ4n) is 1.70. The van der Waals surface area contributed by atoms with Crippen LogP contribution in [-0.2, 0) is 4.79 Å². The van der Waals surface area contributed by atoms with Gasteiger partial charge in [0, 0.05) is 6.54 Å². The van der Waals surface area contributed by atoms with E-state index in [1.807, 2.05) is 0 Å². The normalized spacial score (nSPS) is 38.8. The predicted octanol–water partition coefficient (Wildman–Crippen LogP) is 0.446. The number of carboxylic acids is 1. The molecule has 1 aliphatic rings. The molecule has 1 fully saturated rings. The van der Waals surface area contributed by atoms with E-state index in [4.69, 9.17) is 10.8 Å². The van der Waals surface area contributed by atoms with Gasteiger partial charge in [-0.1, -0.05) is 6.92 Å². The Balaban J connectivity index is 2.56. The van der Waals surface area contributed by atoms with E-state index in [0.717, 1.165) is 12.8 Å². The van der Waals surface area contributed by atoms with Gasteiger partial charge in [-0.05, 0) is 18.8 Å². The Labute approximate surface area is 60.2 Å². The SMILES string of the molecule is CC1CC(CN)(C(=O)O)C1. The lowest BCUT2D eigenvalue weighted by molar-refractivity contribution is -0.156. The minimum Gasteiger partial charge on any atom is -0.481 e. The molecule has 0 atom stereocenters. The van der Waals surface area contributed by atoms with Crippen LogP contribution in [0.25, 0.3) is 0 Å². The van der Waals surface area contributed by atoms with Gasteiger partial charge < -0.3 is 10.8 Å². The van der Waals surface area contributed by atoms with E-state index in [2.05, 4.69) is 6.92 Å². The van der Waals surface area contributed by atoms with E-state index in [1.165, 1.54) is 0 Å². The van der Waals surface area contributed by atoms with Gasteiger partial charge in [0.1, 0.15) is 0 Å². The highest BCUT2D eigenvalue weighted by Crippen LogP contribution is 2.44. The average Bonchev–Trinajstić information content (AvgIpc) is 1.79. The Morgan fingerprint density at radius 1 is 1.80 bits per heavy atom. The van der Waals surface area contributed by atoms with Crippen LogP contribution in [0.5, 0.6) is 0 Å². The van der Waals surface area contributed by atoms with Crippen LogP contribution in [-0.4, -0.2) is 17.6 Å². The second-order valence-corrected chi connectivity index (χ2v) is 3.30. The van der Waals surface area contributed by atoms with Crippen LogP contribution in [0.4, 0.5) is 0 Å². The first-order valence-corrected chi connectivity index (χ1v) is 3.54. The van der Waals surface area contributed by atoms with Crippen LogP contribution in [0.2, 0.25) is 0 Å². The molecule has 0 spiro atoms. The number of carbonyl (C=O) groups is 1. The first kappa shape index (κ1) is 7.54. The number of hydrogen-bond donors (Lipinski definition) is 2. The molecule has 3 heteroatoms. The van der Waals surface area contributed by atoms with E-state index in [9.17, 15) is 4.79 Å². The van der Waals surface area contributed by atoms with Crippen molar-refractivity contribution in [1.29, 1.82) is 0 Å². The number of carboxylic acid groups (broad SMARTS) is 1. The number of nitrogens with two attached hydrogens (primary N) is 1. The van der Waals surface area contributed by atoms with Gasteiger partial charge in [-0.25, -0.2) is 0 Å². The van der Waals surface area contributed by atoms with Crippen molar-refractivity contribution in [1.82, 2.24) is 0 Å². The molecule has 58 valence electrons. The zero-order valence-corrected chi connectivity index (χ0v) is 6.13. The maximum absolute atomic E-state index is 10.6. The van der Waals surface area contributed by atoms with Crippen molar-refractivity contribution in [2.24, 2.45) is 17.1 Å². The molecule has 0 unspecified atom stereocenters. The average molecular weight is 143 g/mol. The summed E-state index contributed by atoms with van der Waals surface area (Å²) in [4.78, 5) is 10.6. The van der Waals surface area contributed by atoms with Crippen molar-refractivity contribution in [2.75, 3.05) is 6.54 Å². The zero-order valence-electron chi connectivity index (χ0n) is 6.13. The minimum atomic E-state index is -0.729. The first-order chi connectivity index (χ1) is 4.60. The minimum absolute atomic E-state index is 0.284. The molecule has 0 radical (unpaired) electrons. The van der Waals surface area contributed by atoms with E-state index in [1.54, 1.807) is 0 Å². The number of aliphatic carboxylic acids is 1. The maximum Gasteiger partial charge on any atom is 0.310 e. The predicted molar refractivity (Wildman–Crippen MR) is 37.5 cm³/mol. The van der Waals surface area contributed by atoms with Crippen molar-refractivity contribution < 1.29 is 9.90 Å². The summed E-state index contributed by atoms with van der Waals surface area (Å²) in [7, 11) is 0. The highest BCUT2D eigenvalue weighted by atomic mass is 16.4. The van der Waals surface area contributed by atoms with Crippen LogP contribution in [0.15, 0.2) is 0 Å². The van der Waals surface area contributed by atoms with Crippen molar-refractivity contribution in [3.05, 3.63) is 0 Å².